The lowest BCUT2D eigenvalue weighted by Gasteiger charge is -2.29. The van der Waals surface area contributed by atoms with Gasteiger partial charge in [-0.1, -0.05) is 50.7 Å². The SMILES string of the molecule is CC1CC(S(C)(=O)=O)=CC=C1C(CC1CCCC1)c1ncc(C(=O)C2CCC2)[nH]1. The van der Waals surface area contributed by atoms with Gasteiger partial charge in [0.15, 0.2) is 15.6 Å². The van der Waals surface area contributed by atoms with Crippen LogP contribution in [-0.4, -0.2) is 30.4 Å². The van der Waals surface area contributed by atoms with Crippen LogP contribution in [-0.2, 0) is 9.84 Å². The first-order valence-corrected chi connectivity index (χ1v) is 12.9. The number of aromatic amines is 1. The van der Waals surface area contributed by atoms with E-state index in [-0.39, 0.29) is 23.5 Å². The normalized spacial score (nSPS) is 24.7. The van der Waals surface area contributed by atoms with Crippen molar-refractivity contribution in [3.8, 4) is 0 Å². The van der Waals surface area contributed by atoms with E-state index >= 15 is 0 Å². The topological polar surface area (TPSA) is 79.9 Å². The van der Waals surface area contributed by atoms with E-state index in [1.54, 1.807) is 12.3 Å². The van der Waals surface area contributed by atoms with Gasteiger partial charge in [-0.15, -0.1) is 0 Å². The molecule has 158 valence electrons. The molecule has 0 spiro atoms. The maximum atomic E-state index is 12.6. The van der Waals surface area contributed by atoms with Crippen LogP contribution < -0.4 is 0 Å². The number of imidazole rings is 1. The molecule has 0 saturated heterocycles. The fourth-order valence-corrected chi connectivity index (χ4v) is 5.96. The van der Waals surface area contributed by atoms with Crippen LogP contribution in [0.2, 0.25) is 0 Å². The van der Waals surface area contributed by atoms with Gasteiger partial charge >= 0.3 is 0 Å². The van der Waals surface area contributed by atoms with Gasteiger partial charge in [-0.2, -0.15) is 0 Å². The minimum atomic E-state index is -3.16. The van der Waals surface area contributed by atoms with Crippen molar-refractivity contribution in [3.63, 3.8) is 0 Å². The summed E-state index contributed by atoms with van der Waals surface area (Å²) in [7, 11) is -3.16. The molecule has 1 aromatic rings. The van der Waals surface area contributed by atoms with Crippen LogP contribution in [0.5, 0.6) is 0 Å². The molecule has 0 bridgehead atoms. The predicted octanol–water partition coefficient (Wildman–Crippen LogP) is 4.95. The zero-order valence-electron chi connectivity index (χ0n) is 17.5. The summed E-state index contributed by atoms with van der Waals surface area (Å²) in [5, 5.41) is 0. The summed E-state index contributed by atoms with van der Waals surface area (Å²) in [6.07, 6.45) is 16.5. The summed E-state index contributed by atoms with van der Waals surface area (Å²) < 4.78 is 24.0. The van der Waals surface area contributed by atoms with Crippen LogP contribution in [0.15, 0.2) is 28.8 Å². The fraction of sp³-hybridized carbons (Fsp3) is 0.652. The molecule has 2 saturated carbocycles. The average molecular weight is 417 g/mol. The number of nitrogens with one attached hydrogen (secondary N) is 1. The van der Waals surface area contributed by atoms with Crippen LogP contribution in [0.1, 0.15) is 86.9 Å². The molecule has 4 rings (SSSR count). The number of rotatable bonds is 7. The first kappa shape index (κ1) is 20.6. The minimum Gasteiger partial charge on any atom is -0.339 e. The second kappa shape index (κ2) is 8.21. The van der Waals surface area contributed by atoms with Gasteiger partial charge in [0, 0.05) is 23.0 Å². The van der Waals surface area contributed by atoms with Crippen molar-refractivity contribution in [3.05, 3.63) is 40.3 Å². The van der Waals surface area contributed by atoms with Gasteiger partial charge in [-0.25, -0.2) is 13.4 Å². The Balaban J connectivity index is 1.63. The van der Waals surface area contributed by atoms with Gasteiger partial charge in [0.05, 0.1) is 6.20 Å². The maximum absolute atomic E-state index is 12.6. The molecule has 0 aromatic carbocycles. The number of H-pyrrole nitrogens is 1. The summed E-state index contributed by atoms with van der Waals surface area (Å²) in [5.41, 5.74) is 1.87. The van der Waals surface area contributed by atoms with Crippen molar-refractivity contribution in [1.29, 1.82) is 0 Å². The second-order valence-electron chi connectivity index (χ2n) is 9.29. The van der Waals surface area contributed by atoms with Gasteiger partial charge in [0.25, 0.3) is 0 Å². The Morgan fingerprint density at radius 3 is 2.48 bits per heavy atom. The first-order chi connectivity index (χ1) is 13.8. The predicted molar refractivity (Wildman–Crippen MR) is 114 cm³/mol. The molecule has 3 aliphatic rings. The van der Waals surface area contributed by atoms with E-state index in [9.17, 15) is 13.2 Å². The summed E-state index contributed by atoms with van der Waals surface area (Å²) in [6, 6.07) is 0. The van der Waals surface area contributed by atoms with E-state index in [4.69, 9.17) is 0 Å². The van der Waals surface area contributed by atoms with Crippen LogP contribution in [0, 0.1) is 17.8 Å². The fourth-order valence-electron chi connectivity index (χ4n) is 5.09. The summed E-state index contributed by atoms with van der Waals surface area (Å²) in [5.74, 6) is 2.16. The Hall–Kier alpha value is -1.69. The van der Waals surface area contributed by atoms with E-state index in [0.29, 0.717) is 22.9 Å². The molecule has 0 aliphatic heterocycles. The number of hydrogen-bond acceptors (Lipinski definition) is 4. The van der Waals surface area contributed by atoms with Gasteiger partial charge in [0.1, 0.15) is 11.5 Å². The largest absolute Gasteiger partial charge is 0.339 e. The van der Waals surface area contributed by atoms with Crippen molar-refractivity contribution >= 4 is 15.6 Å². The molecule has 2 fully saturated rings. The molecule has 1 aromatic heterocycles. The maximum Gasteiger partial charge on any atom is 0.183 e. The third kappa shape index (κ3) is 4.42. The standard InChI is InChI=1S/C23H32N2O3S/c1-15-12-18(29(2,27)28)10-11-19(15)20(13-16-6-3-4-7-16)23-24-14-21(25-23)22(26)17-8-5-9-17/h10-11,14-17,20H,3-9,12-13H2,1-2H3,(H,24,25). The van der Waals surface area contributed by atoms with E-state index in [0.717, 1.165) is 31.5 Å². The molecule has 2 atom stereocenters. The van der Waals surface area contributed by atoms with Crippen LogP contribution in [0.4, 0.5) is 0 Å². The summed E-state index contributed by atoms with van der Waals surface area (Å²) in [6.45, 7) is 2.11. The Labute approximate surface area is 174 Å². The van der Waals surface area contributed by atoms with Crippen LogP contribution >= 0.6 is 0 Å². The van der Waals surface area contributed by atoms with E-state index < -0.39 is 9.84 Å². The third-order valence-electron chi connectivity index (χ3n) is 7.13. The highest BCUT2D eigenvalue weighted by molar-refractivity contribution is 7.94. The van der Waals surface area contributed by atoms with Gasteiger partial charge in [-0.3, -0.25) is 4.79 Å². The zero-order chi connectivity index (χ0) is 20.6. The van der Waals surface area contributed by atoms with E-state index in [1.807, 2.05) is 6.08 Å². The molecule has 2 unspecified atom stereocenters. The highest BCUT2D eigenvalue weighted by atomic mass is 32.2. The van der Waals surface area contributed by atoms with Crippen molar-refractivity contribution in [2.45, 2.75) is 70.6 Å². The molecule has 6 heteroatoms. The Bertz CT molecular complexity index is 931. The van der Waals surface area contributed by atoms with Crippen LogP contribution in [0.25, 0.3) is 0 Å². The molecule has 1 heterocycles. The Morgan fingerprint density at radius 1 is 1.17 bits per heavy atom. The van der Waals surface area contributed by atoms with Gasteiger partial charge in [0.2, 0.25) is 0 Å². The zero-order valence-corrected chi connectivity index (χ0v) is 18.3. The second-order valence-corrected chi connectivity index (χ2v) is 11.4. The first-order valence-electron chi connectivity index (χ1n) is 11.0. The number of hydrogen-bond donors (Lipinski definition) is 1. The molecule has 1 N–H and O–H groups in total. The van der Waals surface area contributed by atoms with E-state index in [1.165, 1.54) is 37.5 Å². The smallest absolute Gasteiger partial charge is 0.183 e. The number of ketones is 1. The van der Waals surface area contributed by atoms with Crippen molar-refractivity contribution < 1.29 is 13.2 Å². The highest BCUT2D eigenvalue weighted by Crippen LogP contribution is 2.42. The number of carbonyl (C=O) groups is 1. The van der Waals surface area contributed by atoms with Crippen molar-refractivity contribution in [2.75, 3.05) is 6.26 Å². The quantitative estimate of drug-likeness (QED) is 0.638. The number of carbonyl (C=O) groups excluding carboxylic acids is 1. The lowest BCUT2D eigenvalue weighted by molar-refractivity contribution is 0.0850. The Morgan fingerprint density at radius 2 is 1.90 bits per heavy atom. The number of aromatic nitrogens is 2. The third-order valence-corrected chi connectivity index (χ3v) is 8.38. The average Bonchev–Trinajstić information content (AvgIpc) is 3.29. The lowest BCUT2D eigenvalue weighted by atomic mass is 9.78. The van der Waals surface area contributed by atoms with Crippen molar-refractivity contribution in [1.82, 2.24) is 9.97 Å². The van der Waals surface area contributed by atoms with Crippen molar-refractivity contribution in [2.24, 2.45) is 17.8 Å². The van der Waals surface area contributed by atoms with Crippen LogP contribution in [0.3, 0.4) is 0 Å². The molecular weight excluding hydrogens is 384 g/mol. The highest BCUT2D eigenvalue weighted by Gasteiger charge is 2.33. The number of sulfone groups is 1. The number of allylic oxidation sites excluding steroid dienone is 4. The van der Waals surface area contributed by atoms with E-state index in [2.05, 4.69) is 16.9 Å². The Kier molecular flexibility index (Phi) is 5.83. The lowest BCUT2D eigenvalue weighted by Crippen LogP contribution is -2.22. The molecule has 29 heavy (non-hydrogen) atoms. The molecule has 0 radical (unpaired) electrons. The molecule has 0 amide bonds. The molecule has 5 nitrogen and oxygen atoms in total. The number of Topliss-reactive ketones (excluding diaryl/α,β-unsaturated/α-hetero) is 1. The minimum absolute atomic E-state index is 0.119. The summed E-state index contributed by atoms with van der Waals surface area (Å²) in [4.78, 5) is 21.1. The van der Waals surface area contributed by atoms with Gasteiger partial charge in [-0.05, 0) is 43.6 Å². The monoisotopic (exact) mass is 416 g/mol. The molecule has 3 aliphatic carbocycles. The summed E-state index contributed by atoms with van der Waals surface area (Å²) >= 11 is 0. The van der Waals surface area contributed by atoms with Gasteiger partial charge < -0.3 is 4.98 Å². The molecular formula is C23H32N2O3S. The number of nitrogens with zero attached hydrogens (tertiary/aromatic N) is 1.